The molecule has 0 saturated carbocycles. The van der Waals surface area contributed by atoms with Gasteiger partial charge in [-0.3, -0.25) is 4.90 Å². The summed E-state index contributed by atoms with van der Waals surface area (Å²) in [6, 6.07) is 0. The van der Waals surface area contributed by atoms with Gasteiger partial charge in [-0.2, -0.15) is 0 Å². The fourth-order valence-corrected chi connectivity index (χ4v) is 3.37. The molecule has 2 heterocycles. The summed E-state index contributed by atoms with van der Waals surface area (Å²) in [4.78, 5) is 18.8. The van der Waals surface area contributed by atoms with Crippen LogP contribution >= 0.6 is 0 Å². The number of nitrogens with two attached hydrogens (primary N) is 1. The Morgan fingerprint density at radius 1 is 1.09 bits per heavy atom. The maximum absolute atomic E-state index is 12.1. The number of ether oxygens (including phenoxy) is 1. The van der Waals surface area contributed by atoms with Crippen LogP contribution in [0.4, 0.5) is 4.79 Å². The van der Waals surface area contributed by atoms with E-state index in [0.29, 0.717) is 6.54 Å². The predicted molar refractivity (Wildman–Crippen MR) is 87.9 cm³/mol. The molecule has 0 spiro atoms. The lowest BCUT2D eigenvalue weighted by molar-refractivity contribution is -0.0177. The number of piperazine rings is 1. The Balaban J connectivity index is 1.89. The number of piperidine rings is 1. The zero-order valence-corrected chi connectivity index (χ0v) is 14.6. The molecule has 0 atom stereocenters. The number of carbonyl (C=O) groups is 1. The van der Waals surface area contributed by atoms with Crippen LogP contribution in [0.5, 0.6) is 0 Å². The van der Waals surface area contributed by atoms with Crippen molar-refractivity contribution >= 4 is 6.09 Å². The predicted octanol–water partition coefficient (Wildman–Crippen LogP) is 0.962. The van der Waals surface area contributed by atoms with E-state index in [4.69, 9.17) is 10.5 Å². The molecule has 2 fully saturated rings. The van der Waals surface area contributed by atoms with Gasteiger partial charge in [-0.1, -0.05) is 0 Å². The molecule has 0 unspecified atom stereocenters. The number of amides is 1. The Hall–Kier alpha value is -0.850. The molecule has 0 aromatic carbocycles. The smallest absolute Gasteiger partial charge is 0.410 e. The molecule has 2 aliphatic heterocycles. The van der Waals surface area contributed by atoms with E-state index in [0.717, 1.165) is 52.1 Å². The normalized spacial score (nSPS) is 24.3. The van der Waals surface area contributed by atoms with E-state index in [-0.39, 0.29) is 11.6 Å². The van der Waals surface area contributed by atoms with E-state index in [9.17, 15) is 4.79 Å². The minimum Gasteiger partial charge on any atom is -0.444 e. The summed E-state index contributed by atoms with van der Waals surface area (Å²) >= 11 is 0. The summed E-state index contributed by atoms with van der Waals surface area (Å²) in [5.74, 6) is 0. The maximum atomic E-state index is 12.1. The van der Waals surface area contributed by atoms with Crippen molar-refractivity contribution in [2.24, 2.45) is 5.73 Å². The van der Waals surface area contributed by atoms with Gasteiger partial charge in [0.1, 0.15) is 5.60 Å². The van der Waals surface area contributed by atoms with Crippen LogP contribution in [0.25, 0.3) is 0 Å². The summed E-state index contributed by atoms with van der Waals surface area (Å²) in [7, 11) is 2.17. The van der Waals surface area contributed by atoms with Crippen molar-refractivity contribution in [3.8, 4) is 0 Å². The first kappa shape index (κ1) is 17.5. The van der Waals surface area contributed by atoms with Crippen LogP contribution in [0.1, 0.15) is 33.6 Å². The zero-order valence-electron chi connectivity index (χ0n) is 14.6. The van der Waals surface area contributed by atoms with E-state index in [1.807, 2.05) is 25.7 Å². The van der Waals surface area contributed by atoms with Crippen molar-refractivity contribution in [2.45, 2.75) is 44.8 Å². The fourth-order valence-electron chi connectivity index (χ4n) is 3.37. The summed E-state index contributed by atoms with van der Waals surface area (Å²) in [5, 5.41) is 0. The number of rotatable bonds is 2. The minimum atomic E-state index is -0.430. The first-order valence-electron chi connectivity index (χ1n) is 8.37. The molecular weight excluding hydrogens is 280 g/mol. The van der Waals surface area contributed by atoms with Crippen LogP contribution in [0.3, 0.4) is 0 Å². The van der Waals surface area contributed by atoms with Crippen LogP contribution < -0.4 is 5.73 Å². The summed E-state index contributed by atoms with van der Waals surface area (Å²) in [6.45, 7) is 11.9. The Kier molecular flexibility index (Phi) is 5.35. The van der Waals surface area contributed by atoms with Gasteiger partial charge in [-0.25, -0.2) is 4.79 Å². The molecule has 128 valence electrons. The fraction of sp³-hybridized carbons (Fsp3) is 0.938. The van der Waals surface area contributed by atoms with Crippen LogP contribution in [0.15, 0.2) is 0 Å². The van der Waals surface area contributed by atoms with Crippen molar-refractivity contribution in [2.75, 3.05) is 52.9 Å². The average molecular weight is 312 g/mol. The second kappa shape index (κ2) is 6.72. The molecule has 0 aliphatic carbocycles. The van der Waals surface area contributed by atoms with Gasteiger partial charge in [-0.05, 0) is 53.8 Å². The van der Waals surface area contributed by atoms with Gasteiger partial charge < -0.3 is 20.3 Å². The van der Waals surface area contributed by atoms with Crippen molar-refractivity contribution in [1.29, 1.82) is 0 Å². The molecule has 0 radical (unpaired) electrons. The largest absolute Gasteiger partial charge is 0.444 e. The summed E-state index contributed by atoms with van der Waals surface area (Å²) < 4.78 is 5.46. The Labute approximate surface area is 134 Å². The Morgan fingerprint density at radius 3 is 2.09 bits per heavy atom. The average Bonchev–Trinajstić information content (AvgIpc) is 2.47. The number of likely N-dealkylation sites (tertiary alicyclic amines) is 1. The van der Waals surface area contributed by atoms with Crippen molar-refractivity contribution in [3.63, 3.8) is 0 Å². The molecule has 0 aromatic heterocycles. The monoisotopic (exact) mass is 312 g/mol. The Morgan fingerprint density at radius 2 is 1.64 bits per heavy atom. The second-order valence-corrected chi connectivity index (χ2v) is 7.69. The molecule has 1 amide bonds. The van der Waals surface area contributed by atoms with E-state index in [2.05, 4.69) is 16.8 Å². The Bertz CT molecular complexity index is 378. The lowest BCUT2D eigenvalue weighted by Gasteiger charge is -2.50. The van der Waals surface area contributed by atoms with E-state index < -0.39 is 5.60 Å². The van der Waals surface area contributed by atoms with Gasteiger partial charge in [0.05, 0.1) is 0 Å². The SMILES string of the molecule is CN1CCC(CN)(N2CCN(C(=O)OC(C)(C)C)CC2)CC1. The first-order valence-corrected chi connectivity index (χ1v) is 8.37. The van der Waals surface area contributed by atoms with Crippen molar-refractivity contribution in [1.82, 2.24) is 14.7 Å². The van der Waals surface area contributed by atoms with Gasteiger partial charge in [0.2, 0.25) is 0 Å². The van der Waals surface area contributed by atoms with Crippen LogP contribution in [0.2, 0.25) is 0 Å². The highest BCUT2D eigenvalue weighted by Gasteiger charge is 2.40. The van der Waals surface area contributed by atoms with Gasteiger partial charge in [0.15, 0.2) is 0 Å². The molecule has 0 bridgehead atoms. The highest BCUT2D eigenvalue weighted by molar-refractivity contribution is 5.68. The number of nitrogens with zero attached hydrogens (tertiary/aromatic N) is 3. The molecule has 2 saturated heterocycles. The minimum absolute atomic E-state index is 0.118. The zero-order chi connectivity index (χ0) is 16.4. The van der Waals surface area contributed by atoms with E-state index in [1.54, 1.807) is 0 Å². The van der Waals surface area contributed by atoms with Crippen molar-refractivity contribution < 1.29 is 9.53 Å². The quantitative estimate of drug-likeness (QED) is 0.823. The molecule has 6 heteroatoms. The number of carbonyl (C=O) groups excluding carboxylic acids is 1. The van der Waals surface area contributed by atoms with Crippen LogP contribution in [0, 0.1) is 0 Å². The van der Waals surface area contributed by atoms with Crippen LogP contribution in [-0.2, 0) is 4.74 Å². The lowest BCUT2D eigenvalue weighted by atomic mass is 9.85. The van der Waals surface area contributed by atoms with E-state index >= 15 is 0 Å². The van der Waals surface area contributed by atoms with Crippen molar-refractivity contribution in [3.05, 3.63) is 0 Å². The summed E-state index contributed by atoms with van der Waals surface area (Å²) in [5.41, 5.74) is 5.81. The molecule has 2 aliphatic rings. The maximum Gasteiger partial charge on any atom is 0.410 e. The third-order valence-electron chi connectivity index (χ3n) is 4.90. The molecule has 0 aromatic rings. The molecule has 22 heavy (non-hydrogen) atoms. The third kappa shape index (κ3) is 4.12. The highest BCUT2D eigenvalue weighted by atomic mass is 16.6. The summed E-state index contributed by atoms with van der Waals surface area (Å²) in [6.07, 6.45) is 2.04. The van der Waals surface area contributed by atoms with Crippen LogP contribution in [-0.4, -0.2) is 84.8 Å². The molecular formula is C16H32N4O2. The van der Waals surface area contributed by atoms with Gasteiger partial charge in [-0.15, -0.1) is 0 Å². The molecule has 2 rings (SSSR count). The number of hydrogen-bond acceptors (Lipinski definition) is 5. The topological polar surface area (TPSA) is 62.0 Å². The van der Waals surface area contributed by atoms with E-state index in [1.165, 1.54) is 0 Å². The van der Waals surface area contributed by atoms with Gasteiger partial charge >= 0.3 is 6.09 Å². The van der Waals surface area contributed by atoms with Gasteiger partial charge in [0, 0.05) is 38.3 Å². The second-order valence-electron chi connectivity index (χ2n) is 7.69. The number of hydrogen-bond donors (Lipinski definition) is 1. The standard InChI is InChI=1S/C16H32N4O2/c1-15(2,3)22-14(21)19-9-11-20(12-10-19)16(13-17)5-7-18(4)8-6-16/h5-13,17H2,1-4H3. The highest BCUT2D eigenvalue weighted by Crippen LogP contribution is 2.29. The first-order chi connectivity index (χ1) is 10.3. The van der Waals surface area contributed by atoms with Gasteiger partial charge in [0.25, 0.3) is 0 Å². The lowest BCUT2D eigenvalue weighted by Crippen LogP contribution is -2.64. The molecule has 6 nitrogen and oxygen atoms in total. The molecule has 2 N–H and O–H groups in total. The third-order valence-corrected chi connectivity index (χ3v) is 4.90.